The van der Waals surface area contributed by atoms with Crippen LogP contribution in [0.3, 0.4) is 0 Å². The summed E-state index contributed by atoms with van der Waals surface area (Å²) in [6.45, 7) is 16.8. The molecule has 0 fully saturated rings. The lowest BCUT2D eigenvalue weighted by molar-refractivity contribution is -0.393. The van der Waals surface area contributed by atoms with Crippen molar-refractivity contribution in [2.45, 2.75) is 91.6 Å². The van der Waals surface area contributed by atoms with Crippen molar-refractivity contribution in [3.8, 4) is 0 Å². The van der Waals surface area contributed by atoms with E-state index in [-0.39, 0.29) is 11.2 Å². The van der Waals surface area contributed by atoms with Gasteiger partial charge in [-0.15, -0.1) is 0 Å². The number of aliphatic hydroxyl groups is 2. The maximum absolute atomic E-state index is 9.03. The lowest BCUT2D eigenvalue weighted by Crippen LogP contribution is -2.27. The predicted octanol–water partition coefficient (Wildman–Crippen LogP) is 3.06. The first-order chi connectivity index (χ1) is 7.62. The summed E-state index contributed by atoms with van der Waals surface area (Å²) in [5.41, 5.74) is -1.16. The average molecular weight is 264 g/mol. The Morgan fingerprint density at radius 3 is 1.17 bits per heavy atom. The first kappa shape index (κ1) is 20.2. The van der Waals surface area contributed by atoms with E-state index in [4.69, 9.17) is 20.0 Å². The molecule has 0 saturated carbocycles. The molecule has 0 heterocycles. The normalized spacial score (nSPS) is 14.8. The second kappa shape index (κ2) is 7.43. The molecule has 1 atom stereocenters. The molecule has 4 nitrogen and oxygen atoms in total. The van der Waals surface area contributed by atoms with Gasteiger partial charge in [0.2, 0.25) is 0 Å². The van der Waals surface area contributed by atoms with E-state index in [9.17, 15) is 0 Å². The summed E-state index contributed by atoms with van der Waals surface area (Å²) in [5, 5.41) is 17.8. The summed E-state index contributed by atoms with van der Waals surface area (Å²) in [5.74, 6) is 0. The van der Waals surface area contributed by atoms with Gasteiger partial charge in [-0.1, -0.05) is 0 Å². The Labute approximate surface area is 112 Å². The number of aliphatic hydroxyl groups excluding tert-OH is 1. The average Bonchev–Trinajstić information content (AvgIpc) is 1.94. The van der Waals surface area contributed by atoms with Crippen LogP contribution in [0.2, 0.25) is 0 Å². The minimum absolute atomic E-state index is 0.215. The van der Waals surface area contributed by atoms with E-state index in [1.54, 1.807) is 20.8 Å². The zero-order valence-electron chi connectivity index (χ0n) is 13.5. The summed E-state index contributed by atoms with van der Waals surface area (Å²) >= 11 is 0. The van der Waals surface area contributed by atoms with Gasteiger partial charge < -0.3 is 10.2 Å². The largest absolute Gasteiger partial charge is 0.393 e. The maximum atomic E-state index is 9.03. The van der Waals surface area contributed by atoms with Crippen molar-refractivity contribution >= 4 is 0 Å². The van der Waals surface area contributed by atoms with Crippen LogP contribution in [0.5, 0.6) is 0 Å². The fourth-order valence-electron chi connectivity index (χ4n) is 0.973. The molecule has 0 spiro atoms. The van der Waals surface area contributed by atoms with Gasteiger partial charge in [0.1, 0.15) is 0 Å². The predicted molar refractivity (Wildman–Crippen MR) is 74.3 cm³/mol. The smallest absolute Gasteiger partial charge is 0.0952 e. The summed E-state index contributed by atoms with van der Waals surface area (Å²) in [6.07, 6.45) is 0.0301. The van der Waals surface area contributed by atoms with Crippen LogP contribution in [0.1, 0.15) is 68.7 Å². The Morgan fingerprint density at radius 1 is 0.833 bits per heavy atom. The number of hydrogen-bond donors (Lipinski definition) is 2. The fraction of sp³-hybridized carbons (Fsp3) is 1.00. The summed E-state index contributed by atoms with van der Waals surface area (Å²) in [6, 6.07) is 0. The quantitative estimate of drug-likeness (QED) is 0.607. The Morgan fingerprint density at radius 2 is 1.11 bits per heavy atom. The molecule has 0 aromatic carbocycles. The van der Waals surface area contributed by atoms with Gasteiger partial charge in [0.15, 0.2) is 0 Å². The Hall–Kier alpha value is -0.160. The molecule has 1 unspecified atom stereocenters. The zero-order chi connectivity index (χ0) is 15.2. The fourth-order valence-corrected chi connectivity index (χ4v) is 0.973. The molecule has 0 amide bonds. The van der Waals surface area contributed by atoms with Crippen molar-refractivity contribution in [1.82, 2.24) is 0 Å². The maximum Gasteiger partial charge on any atom is 0.0952 e. The number of rotatable bonds is 3. The van der Waals surface area contributed by atoms with Gasteiger partial charge in [0.25, 0.3) is 0 Å². The van der Waals surface area contributed by atoms with Gasteiger partial charge in [-0.2, -0.15) is 0 Å². The van der Waals surface area contributed by atoms with Gasteiger partial charge in [0, 0.05) is 6.42 Å². The van der Waals surface area contributed by atoms with Crippen LogP contribution in [0.25, 0.3) is 0 Å². The van der Waals surface area contributed by atoms with E-state index in [1.807, 2.05) is 41.5 Å². The highest BCUT2D eigenvalue weighted by molar-refractivity contribution is 4.67. The lowest BCUT2D eigenvalue weighted by atomic mass is 10.0. The van der Waals surface area contributed by atoms with E-state index < -0.39 is 11.7 Å². The molecule has 0 bridgehead atoms. The molecule has 0 aromatic rings. The van der Waals surface area contributed by atoms with Gasteiger partial charge in [-0.25, -0.2) is 9.78 Å². The van der Waals surface area contributed by atoms with Crippen LogP contribution >= 0.6 is 0 Å². The molecule has 0 radical (unpaired) electrons. The molecular formula is C14H32O4. The van der Waals surface area contributed by atoms with E-state index in [0.717, 1.165) is 0 Å². The summed E-state index contributed by atoms with van der Waals surface area (Å²) in [7, 11) is 0. The monoisotopic (exact) mass is 264 g/mol. The molecule has 0 aliphatic rings. The lowest BCUT2D eigenvalue weighted by Gasteiger charge is -2.24. The summed E-state index contributed by atoms with van der Waals surface area (Å²) in [4.78, 5) is 10.2. The molecular weight excluding hydrogens is 232 g/mol. The van der Waals surface area contributed by atoms with E-state index in [2.05, 4.69) is 0 Å². The first-order valence-electron chi connectivity index (χ1n) is 6.40. The first-order valence-corrected chi connectivity index (χ1v) is 6.40. The van der Waals surface area contributed by atoms with Gasteiger partial charge in [-0.3, -0.25) is 0 Å². The minimum atomic E-state index is -0.728. The third-order valence-electron chi connectivity index (χ3n) is 1.34. The second-order valence-electron chi connectivity index (χ2n) is 7.26. The van der Waals surface area contributed by atoms with Crippen LogP contribution in [0.4, 0.5) is 0 Å². The Kier molecular flexibility index (Phi) is 8.33. The van der Waals surface area contributed by atoms with Crippen LogP contribution in [-0.4, -0.2) is 33.1 Å². The van der Waals surface area contributed by atoms with Crippen LogP contribution in [-0.2, 0) is 9.78 Å². The van der Waals surface area contributed by atoms with Crippen molar-refractivity contribution in [3.05, 3.63) is 0 Å². The summed E-state index contributed by atoms with van der Waals surface area (Å²) < 4.78 is 0. The second-order valence-corrected chi connectivity index (χ2v) is 7.26. The van der Waals surface area contributed by atoms with E-state index >= 15 is 0 Å². The minimum Gasteiger partial charge on any atom is -0.393 e. The molecule has 0 saturated heterocycles. The highest BCUT2D eigenvalue weighted by atomic mass is 17.2. The van der Waals surface area contributed by atoms with Crippen LogP contribution in [0, 0.1) is 0 Å². The van der Waals surface area contributed by atoms with Crippen LogP contribution in [0.15, 0.2) is 0 Å². The van der Waals surface area contributed by atoms with Crippen LogP contribution < -0.4 is 0 Å². The molecule has 0 aliphatic carbocycles. The molecule has 18 heavy (non-hydrogen) atoms. The van der Waals surface area contributed by atoms with Gasteiger partial charge in [-0.05, 0) is 62.3 Å². The van der Waals surface area contributed by atoms with Gasteiger partial charge in [0.05, 0.1) is 22.9 Å². The SMILES string of the molecule is CC(C)(C)OOC(C)(C)C.CC(O)CC(C)(C)O. The van der Waals surface area contributed by atoms with E-state index in [0.29, 0.717) is 6.42 Å². The van der Waals surface area contributed by atoms with Gasteiger partial charge >= 0.3 is 0 Å². The van der Waals surface area contributed by atoms with Crippen molar-refractivity contribution in [1.29, 1.82) is 0 Å². The number of hydrogen-bond acceptors (Lipinski definition) is 4. The molecule has 0 aromatic heterocycles. The van der Waals surface area contributed by atoms with Crippen molar-refractivity contribution < 1.29 is 20.0 Å². The highest BCUT2D eigenvalue weighted by Crippen LogP contribution is 2.14. The van der Waals surface area contributed by atoms with E-state index in [1.165, 1.54) is 0 Å². The van der Waals surface area contributed by atoms with Crippen molar-refractivity contribution in [3.63, 3.8) is 0 Å². The molecule has 0 aliphatic heterocycles. The highest BCUT2D eigenvalue weighted by Gasteiger charge is 2.18. The molecule has 2 N–H and O–H groups in total. The Balaban J connectivity index is 0. The topological polar surface area (TPSA) is 58.9 Å². The van der Waals surface area contributed by atoms with Crippen molar-refractivity contribution in [2.75, 3.05) is 0 Å². The zero-order valence-corrected chi connectivity index (χ0v) is 13.5. The molecule has 112 valence electrons. The third-order valence-corrected chi connectivity index (χ3v) is 1.34. The third kappa shape index (κ3) is 24.9. The Bertz CT molecular complexity index is 189. The standard InChI is InChI=1S/C8H18O2.C6H14O2/c1-7(2,3)9-10-8(4,5)6;1-5(7)4-6(2,3)8/h1-6H3;5,7-8H,4H2,1-3H3. The van der Waals surface area contributed by atoms with Crippen molar-refractivity contribution in [2.24, 2.45) is 0 Å². The molecule has 4 heteroatoms. The molecule has 0 rings (SSSR count).